The van der Waals surface area contributed by atoms with E-state index in [0.717, 1.165) is 55.8 Å². The Balaban J connectivity index is 1.12. The lowest BCUT2D eigenvalue weighted by molar-refractivity contribution is 0.445. The van der Waals surface area contributed by atoms with Crippen LogP contribution in [0.2, 0.25) is 0 Å². The zero-order chi connectivity index (χ0) is 40.3. The molecule has 61 heavy (non-hydrogen) atoms. The number of aromatic nitrogens is 1. The fraction of sp³-hybridized carbons (Fsp3) is 0.103. The average molecular weight is 785 g/mol. The van der Waals surface area contributed by atoms with E-state index in [0.29, 0.717) is 5.92 Å². The summed E-state index contributed by atoms with van der Waals surface area (Å²) >= 11 is 0. The number of hydrogen-bond acceptors (Lipinski definition) is 2. The van der Waals surface area contributed by atoms with Gasteiger partial charge in [-0.15, -0.1) is 0 Å². The van der Waals surface area contributed by atoms with Gasteiger partial charge in [-0.25, -0.2) is 0 Å². The lowest BCUT2D eigenvalue weighted by Crippen LogP contribution is -2.12. The lowest BCUT2D eigenvalue weighted by Gasteiger charge is -2.29. The van der Waals surface area contributed by atoms with Crippen molar-refractivity contribution in [1.29, 1.82) is 0 Å². The summed E-state index contributed by atoms with van der Waals surface area (Å²) in [7, 11) is 0. The number of furan rings is 1. The van der Waals surface area contributed by atoms with Gasteiger partial charge in [0.15, 0.2) is 0 Å². The second kappa shape index (κ2) is 14.7. The quantitative estimate of drug-likeness (QED) is 0.161. The van der Waals surface area contributed by atoms with Crippen LogP contribution < -0.4 is 4.90 Å². The Morgan fingerprint density at radius 3 is 2.02 bits per heavy atom. The number of nitrogens with zero attached hydrogens (tertiary/aromatic N) is 2. The molecule has 0 radical (unpaired) electrons. The van der Waals surface area contributed by atoms with Crippen LogP contribution in [-0.2, 0) is 0 Å². The first-order chi connectivity index (χ1) is 30.3. The fourth-order valence-corrected chi connectivity index (χ4v) is 10.5. The van der Waals surface area contributed by atoms with E-state index in [1.807, 2.05) is 6.07 Å². The van der Waals surface area contributed by atoms with Crippen LogP contribution in [0, 0.1) is 0 Å². The molecule has 0 bridgehead atoms. The van der Waals surface area contributed by atoms with Gasteiger partial charge in [-0.2, -0.15) is 0 Å². The van der Waals surface area contributed by atoms with E-state index in [2.05, 4.69) is 204 Å². The lowest BCUT2D eigenvalue weighted by atomic mass is 9.80. The largest absolute Gasteiger partial charge is 0.456 e. The minimum absolute atomic E-state index is 0.572. The maximum Gasteiger partial charge on any atom is 0.136 e. The van der Waals surface area contributed by atoms with Crippen LogP contribution in [-0.4, -0.2) is 4.57 Å². The third-order valence-corrected chi connectivity index (χ3v) is 13.2. The van der Waals surface area contributed by atoms with Crippen molar-refractivity contribution in [2.45, 2.75) is 38.0 Å². The molecule has 2 aromatic heterocycles. The Morgan fingerprint density at radius 1 is 0.443 bits per heavy atom. The van der Waals surface area contributed by atoms with Crippen molar-refractivity contribution in [1.82, 2.24) is 4.57 Å². The SMILES string of the molecule is c1ccc(-n2c3ccccc3c3ccc(N(c4cccc(-c5cccc6oc7ccccc7c56)c4)c4ccccc4-c4cccc5cccc(C6CCCCC6)c45)cc32)cc1. The van der Waals surface area contributed by atoms with Gasteiger partial charge in [0.2, 0.25) is 0 Å². The smallest absolute Gasteiger partial charge is 0.136 e. The molecule has 1 saturated carbocycles. The fourth-order valence-electron chi connectivity index (χ4n) is 10.5. The molecule has 0 amide bonds. The number of benzene rings is 9. The Kier molecular flexibility index (Phi) is 8.59. The first kappa shape index (κ1) is 35.6. The molecule has 1 fully saturated rings. The van der Waals surface area contributed by atoms with Gasteiger partial charge >= 0.3 is 0 Å². The molecule has 292 valence electrons. The number of fused-ring (bicyclic) bond motifs is 7. The van der Waals surface area contributed by atoms with Gasteiger partial charge in [0.25, 0.3) is 0 Å². The summed E-state index contributed by atoms with van der Waals surface area (Å²) in [4.78, 5) is 2.49. The van der Waals surface area contributed by atoms with Crippen LogP contribution in [0.5, 0.6) is 0 Å². The van der Waals surface area contributed by atoms with Gasteiger partial charge in [-0.1, -0.05) is 159 Å². The molecule has 0 N–H and O–H groups in total. The molecule has 9 aromatic carbocycles. The highest BCUT2D eigenvalue weighted by Gasteiger charge is 2.24. The van der Waals surface area contributed by atoms with Gasteiger partial charge in [0.05, 0.1) is 16.7 Å². The minimum Gasteiger partial charge on any atom is -0.456 e. The minimum atomic E-state index is 0.572. The Labute approximate surface area is 355 Å². The van der Waals surface area contributed by atoms with Crippen LogP contribution in [0.15, 0.2) is 205 Å². The second-order valence-electron chi connectivity index (χ2n) is 16.7. The molecule has 11 aromatic rings. The molecular weight excluding hydrogens is 741 g/mol. The van der Waals surface area contributed by atoms with Crippen LogP contribution in [0.4, 0.5) is 17.1 Å². The highest BCUT2D eigenvalue weighted by Crippen LogP contribution is 2.48. The van der Waals surface area contributed by atoms with Gasteiger partial charge in [0, 0.05) is 44.2 Å². The first-order valence-corrected chi connectivity index (χ1v) is 21.8. The summed E-state index contributed by atoms with van der Waals surface area (Å²) in [5, 5.41) is 7.43. The van der Waals surface area contributed by atoms with E-state index in [-0.39, 0.29) is 0 Å². The number of rotatable bonds is 7. The summed E-state index contributed by atoms with van der Waals surface area (Å²) in [5.41, 5.74) is 14.9. The number of para-hydroxylation sites is 4. The molecule has 3 heteroatoms. The topological polar surface area (TPSA) is 21.3 Å². The Hall–Kier alpha value is -7.36. The van der Waals surface area contributed by atoms with Crippen LogP contribution in [0.25, 0.3) is 82.5 Å². The average Bonchev–Trinajstić information content (AvgIpc) is 3.88. The van der Waals surface area contributed by atoms with Gasteiger partial charge < -0.3 is 13.9 Å². The van der Waals surface area contributed by atoms with Crippen molar-refractivity contribution in [2.75, 3.05) is 4.90 Å². The van der Waals surface area contributed by atoms with Crippen molar-refractivity contribution in [3.05, 3.63) is 206 Å². The zero-order valence-electron chi connectivity index (χ0n) is 34.0. The van der Waals surface area contributed by atoms with Crippen molar-refractivity contribution < 1.29 is 4.42 Å². The van der Waals surface area contributed by atoms with Crippen LogP contribution in [0.3, 0.4) is 0 Å². The molecule has 3 nitrogen and oxygen atoms in total. The third kappa shape index (κ3) is 5.95. The Morgan fingerprint density at radius 2 is 1.11 bits per heavy atom. The van der Waals surface area contributed by atoms with Crippen LogP contribution >= 0.6 is 0 Å². The van der Waals surface area contributed by atoms with Crippen LogP contribution in [0.1, 0.15) is 43.6 Å². The maximum atomic E-state index is 6.38. The number of hydrogen-bond donors (Lipinski definition) is 0. The van der Waals surface area contributed by atoms with E-state index in [4.69, 9.17) is 4.42 Å². The summed E-state index contributed by atoms with van der Waals surface area (Å²) in [5.74, 6) is 0.572. The third-order valence-electron chi connectivity index (χ3n) is 13.2. The van der Waals surface area contributed by atoms with Crippen molar-refractivity contribution in [3.63, 3.8) is 0 Å². The standard InChI is InChI=1S/C58H44N2O/c1-3-17-39(18-4-1)45-28-14-19-40-20-15-30-50(57(40)45)48-26-8-10-31-52(48)59(43-24-13-21-41(37-43)46-29-16-34-56-58(46)51-27-9-12-33-55(51)61-56)44-35-36-49-47-25-7-11-32-53(47)60(54(49)38-44)42-22-5-2-6-23-42/h2,5-16,19-39H,1,3-4,17-18H2. The molecule has 0 atom stereocenters. The highest BCUT2D eigenvalue weighted by atomic mass is 16.3. The summed E-state index contributed by atoms with van der Waals surface area (Å²) < 4.78 is 8.80. The molecule has 12 rings (SSSR count). The number of anilines is 3. The molecule has 0 unspecified atom stereocenters. The van der Waals surface area contributed by atoms with Crippen molar-refractivity contribution in [3.8, 4) is 27.9 Å². The molecule has 0 saturated heterocycles. The normalized spacial score (nSPS) is 13.5. The van der Waals surface area contributed by atoms with Gasteiger partial charge in [-0.05, 0) is 112 Å². The van der Waals surface area contributed by atoms with Crippen molar-refractivity contribution >= 4 is 71.6 Å². The predicted octanol–water partition coefficient (Wildman–Crippen LogP) is 16.7. The summed E-state index contributed by atoms with van der Waals surface area (Å²) in [6.45, 7) is 0. The molecule has 1 aliphatic carbocycles. The van der Waals surface area contributed by atoms with Gasteiger partial charge in [-0.3, -0.25) is 0 Å². The molecule has 0 aliphatic heterocycles. The summed E-state index contributed by atoms with van der Waals surface area (Å²) in [6.07, 6.45) is 6.44. The predicted molar refractivity (Wildman–Crippen MR) is 257 cm³/mol. The molecule has 1 aliphatic rings. The van der Waals surface area contributed by atoms with E-state index in [1.54, 1.807) is 0 Å². The van der Waals surface area contributed by atoms with E-state index in [9.17, 15) is 0 Å². The molecular formula is C58H44N2O. The van der Waals surface area contributed by atoms with E-state index >= 15 is 0 Å². The second-order valence-corrected chi connectivity index (χ2v) is 16.7. The Bertz CT molecular complexity index is 3420. The van der Waals surface area contributed by atoms with E-state index < -0.39 is 0 Å². The molecule has 0 spiro atoms. The zero-order valence-corrected chi connectivity index (χ0v) is 34.0. The maximum absolute atomic E-state index is 6.38. The van der Waals surface area contributed by atoms with Crippen molar-refractivity contribution in [2.24, 2.45) is 0 Å². The first-order valence-electron chi connectivity index (χ1n) is 21.8. The highest BCUT2D eigenvalue weighted by molar-refractivity contribution is 6.13. The monoisotopic (exact) mass is 784 g/mol. The van der Waals surface area contributed by atoms with E-state index in [1.165, 1.54) is 81.4 Å². The molecule has 2 heterocycles. The van der Waals surface area contributed by atoms with Gasteiger partial charge in [0.1, 0.15) is 11.2 Å². The summed E-state index contributed by atoms with van der Waals surface area (Å²) in [6, 6.07) is 73.3.